The molecular formula is C14H24O3. The second kappa shape index (κ2) is 6.80. The van der Waals surface area contributed by atoms with Crippen molar-refractivity contribution in [3.8, 4) is 0 Å². The zero-order valence-corrected chi connectivity index (χ0v) is 11.2. The minimum absolute atomic E-state index is 0.0112. The Morgan fingerprint density at radius 1 is 1.47 bits per heavy atom. The van der Waals surface area contributed by atoms with Crippen molar-refractivity contribution >= 4 is 5.97 Å². The first-order valence-electron chi connectivity index (χ1n) is 6.47. The number of esters is 1. The van der Waals surface area contributed by atoms with Gasteiger partial charge in [-0.25, -0.2) is 4.79 Å². The van der Waals surface area contributed by atoms with Crippen LogP contribution >= 0.6 is 0 Å². The Balaban J connectivity index is 2.54. The SMILES string of the molecule is C=C(C)C(=O)OC(CC)C1CCCC(OC)C1. The quantitative estimate of drug-likeness (QED) is 0.547. The highest BCUT2D eigenvalue weighted by atomic mass is 16.5. The molecule has 3 nitrogen and oxygen atoms in total. The van der Waals surface area contributed by atoms with Gasteiger partial charge in [0, 0.05) is 12.7 Å². The monoisotopic (exact) mass is 240 g/mol. The number of hydrogen-bond acceptors (Lipinski definition) is 3. The van der Waals surface area contributed by atoms with Crippen molar-refractivity contribution in [1.29, 1.82) is 0 Å². The Morgan fingerprint density at radius 3 is 2.71 bits per heavy atom. The first-order chi connectivity index (χ1) is 8.08. The number of rotatable bonds is 5. The molecule has 0 aromatic heterocycles. The summed E-state index contributed by atoms with van der Waals surface area (Å²) >= 11 is 0. The van der Waals surface area contributed by atoms with Crippen LogP contribution < -0.4 is 0 Å². The first-order valence-corrected chi connectivity index (χ1v) is 6.47. The molecule has 0 radical (unpaired) electrons. The topological polar surface area (TPSA) is 35.5 Å². The van der Waals surface area contributed by atoms with Crippen LogP contribution in [0.1, 0.15) is 46.0 Å². The number of hydrogen-bond donors (Lipinski definition) is 0. The van der Waals surface area contributed by atoms with E-state index in [-0.39, 0.29) is 12.1 Å². The molecular weight excluding hydrogens is 216 g/mol. The van der Waals surface area contributed by atoms with Crippen LogP contribution in [0.2, 0.25) is 0 Å². The van der Waals surface area contributed by atoms with E-state index in [9.17, 15) is 4.79 Å². The third-order valence-corrected chi connectivity index (χ3v) is 3.54. The van der Waals surface area contributed by atoms with Crippen molar-refractivity contribution in [3.05, 3.63) is 12.2 Å². The number of ether oxygens (including phenoxy) is 2. The maximum absolute atomic E-state index is 11.6. The van der Waals surface area contributed by atoms with Gasteiger partial charge in [-0.05, 0) is 38.5 Å². The van der Waals surface area contributed by atoms with Crippen molar-refractivity contribution in [2.75, 3.05) is 7.11 Å². The molecule has 0 heterocycles. The molecule has 0 saturated heterocycles. The van der Waals surface area contributed by atoms with Crippen molar-refractivity contribution < 1.29 is 14.3 Å². The molecule has 98 valence electrons. The number of methoxy groups -OCH3 is 1. The standard InChI is InChI=1S/C14H24O3/c1-5-13(17-14(15)10(2)3)11-7-6-8-12(9-11)16-4/h11-13H,2,5-9H2,1,3-4H3. The van der Waals surface area contributed by atoms with Gasteiger partial charge in [-0.3, -0.25) is 0 Å². The number of carbonyl (C=O) groups excluding carboxylic acids is 1. The predicted octanol–water partition coefficient (Wildman–Crippen LogP) is 3.09. The predicted molar refractivity (Wildman–Crippen MR) is 67.7 cm³/mol. The van der Waals surface area contributed by atoms with Gasteiger partial charge < -0.3 is 9.47 Å². The van der Waals surface area contributed by atoms with Crippen LogP contribution in [0.15, 0.2) is 12.2 Å². The summed E-state index contributed by atoms with van der Waals surface area (Å²) in [6.07, 6.45) is 5.60. The molecule has 0 aromatic rings. The molecule has 0 aromatic carbocycles. The van der Waals surface area contributed by atoms with E-state index in [1.165, 1.54) is 0 Å². The molecule has 1 saturated carbocycles. The molecule has 1 fully saturated rings. The van der Waals surface area contributed by atoms with Crippen LogP contribution in [-0.4, -0.2) is 25.3 Å². The lowest BCUT2D eigenvalue weighted by atomic mass is 9.82. The Hall–Kier alpha value is -0.830. The third-order valence-electron chi connectivity index (χ3n) is 3.54. The third kappa shape index (κ3) is 4.15. The summed E-state index contributed by atoms with van der Waals surface area (Å²) < 4.78 is 10.9. The summed E-state index contributed by atoms with van der Waals surface area (Å²) in [5, 5.41) is 0. The molecule has 0 N–H and O–H groups in total. The lowest BCUT2D eigenvalue weighted by molar-refractivity contribution is -0.148. The smallest absolute Gasteiger partial charge is 0.333 e. The molecule has 0 bridgehead atoms. The molecule has 17 heavy (non-hydrogen) atoms. The minimum atomic E-state index is -0.267. The van der Waals surface area contributed by atoms with Gasteiger partial charge in [0.25, 0.3) is 0 Å². The molecule has 1 rings (SSSR count). The van der Waals surface area contributed by atoms with Crippen LogP contribution in [0.3, 0.4) is 0 Å². The molecule has 0 spiro atoms. The molecule has 1 aliphatic carbocycles. The molecule has 0 aliphatic heterocycles. The van der Waals surface area contributed by atoms with Gasteiger partial charge in [0.15, 0.2) is 0 Å². The van der Waals surface area contributed by atoms with Gasteiger partial charge >= 0.3 is 5.97 Å². The summed E-state index contributed by atoms with van der Waals surface area (Å²) in [5.41, 5.74) is 0.475. The van der Waals surface area contributed by atoms with Gasteiger partial charge in [-0.2, -0.15) is 0 Å². The maximum Gasteiger partial charge on any atom is 0.333 e. The van der Waals surface area contributed by atoms with Gasteiger partial charge in [0.05, 0.1) is 6.10 Å². The molecule has 0 amide bonds. The Kier molecular flexibility index (Phi) is 5.69. The Bertz CT molecular complexity index is 273. The van der Waals surface area contributed by atoms with Crippen molar-refractivity contribution in [1.82, 2.24) is 0 Å². The lowest BCUT2D eigenvalue weighted by Crippen LogP contribution is -2.33. The lowest BCUT2D eigenvalue weighted by Gasteiger charge is -2.33. The summed E-state index contributed by atoms with van der Waals surface area (Å²) in [7, 11) is 1.76. The van der Waals surface area contributed by atoms with Crippen LogP contribution in [0.25, 0.3) is 0 Å². The summed E-state index contributed by atoms with van der Waals surface area (Å²) in [4.78, 5) is 11.6. The zero-order chi connectivity index (χ0) is 12.8. The highest BCUT2D eigenvalue weighted by Gasteiger charge is 2.29. The van der Waals surface area contributed by atoms with E-state index in [0.717, 1.165) is 32.1 Å². The zero-order valence-electron chi connectivity index (χ0n) is 11.2. The van der Waals surface area contributed by atoms with Crippen LogP contribution in [-0.2, 0) is 14.3 Å². The maximum atomic E-state index is 11.6. The fraction of sp³-hybridized carbons (Fsp3) is 0.786. The number of carbonyl (C=O) groups is 1. The highest BCUT2D eigenvalue weighted by Crippen LogP contribution is 2.31. The summed E-state index contributed by atoms with van der Waals surface area (Å²) in [5.74, 6) is 0.165. The van der Waals surface area contributed by atoms with E-state index in [1.807, 2.05) is 0 Å². The van der Waals surface area contributed by atoms with Gasteiger partial charge in [0.1, 0.15) is 6.10 Å². The molecule has 3 atom stereocenters. The average Bonchev–Trinajstić information content (AvgIpc) is 2.35. The van der Waals surface area contributed by atoms with Crippen molar-refractivity contribution in [3.63, 3.8) is 0 Å². The fourth-order valence-electron chi connectivity index (χ4n) is 2.48. The highest BCUT2D eigenvalue weighted by molar-refractivity contribution is 5.87. The van der Waals surface area contributed by atoms with Crippen molar-refractivity contribution in [2.45, 2.75) is 58.2 Å². The molecule has 3 heteroatoms. The summed E-state index contributed by atoms with van der Waals surface area (Å²) in [6.45, 7) is 7.37. The average molecular weight is 240 g/mol. The largest absolute Gasteiger partial charge is 0.459 e. The van der Waals surface area contributed by atoms with Crippen LogP contribution in [0.4, 0.5) is 0 Å². The van der Waals surface area contributed by atoms with Gasteiger partial charge in [-0.1, -0.05) is 19.9 Å². The molecule has 3 unspecified atom stereocenters. The Labute approximate surface area is 104 Å². The van der Waals surface area contributed by atoms with Crippen LogP contribution in [0, 0.1) is 5.92 Å². The van der Waals surface area contributed by atoms with E-state index >= 15 is 0 Å². The van der Waals surface area contributed by atoms with Crippen molar-refractivity contribution in [2.24, 2.45) is 5.92 Å². The summed E-state index contributed by atoms with van der Waals surface area (Å²) in [6, 6.07) is 0. The van der Waals surface area contributed by atoms with Gasteiger partial charge in [0.2, 0.25) is 0 Å². The second-order valence-corrected chi connectivity index (χ2v) is 4.92. The van der Waals surface area contributed by atoms with E-state index < -0.39 is 0 Å². The molecule has 1 aliphatic rings. The Morgan fingerprint density at radius 2 is 2.18 bits per heavy atom. The first kappa shape index (κ1) is 14.2. The van der Waals surface area contributed by atoms with E-state index in [2.05, 4.69) is 13.5 Å². The second-order valence-electron chi connectivity index (χ2n) is 4.92. The van der Waals surface area contributed by atoms with E-state index in [4.69, 9.17) is 9.47 Å². The normalized spacial score (nSPS) is 26.3. The van der Waals surface area contributed by atoms with E-state index in [0.29, 0.717) is 17.6 Å². The van der Waals surface area contributed by atoms with E-state index in [1.54, 1.807) is 14.0 Å². The fourth-order valence-corrected chi connectivity index (χ4v) is 2.48. The van der Waals surface area contributed by atoms with Crippen LogP contribution in [0.5, 0.6) is 0 Å². The minimum Gasteiger partial charge on any atom is -0.459 e. The van der Waals surface area contributed by atoms with Gasteiger partial charge in [-0.15, -0.1) is 0 Å².